The Labute approximate surface area is 115 Å². The van der Waals surface area contributed by atoms with Crippen molar-refractivity contribution in [2.45, 2.75) is 57.5 Å². The van der Waals surface area contributed by atoms with Gasteiger partial charge in [0.25, 0.3) is 0 Å². The van der Waals surface area contributed by atoms with Crippen LogP contribution in [0.15, 0.2) is 35.9 Å². The average Bonchev–Trinajstić information content (AvgIpc) is 2.31. The second kappa shape index (κ2) is 6.33. The Morgan fingerprint density at radius 2 is 1.89 bits per heavy atom. The van der Waals surface area contributed by atoms with E-state index in [2.05, 4.69) is 6.08 Å². The topological polar surface area (TPSA) is 20.2 Å². The van der Waals surface area contributed by atoms with Gasteiger partial charge in [0.05, 0.1) is 5.60 Å². The van der Waals surface area contributed by atoms with E-state index < -0.39 is 5.60 Å². The minimum atomic E-state index is -0.931. The average molecular weight is 262 g/mol. The summed E-state index contributed by atoms with van der Waals surface area (Å²) in [7, 11) is 0. The zero-order chi connectivity index (χ0) is 13.7. The lowest BCUT2D eigenvalue weighted by atomic mass is 9.83. The molecule has 1 unspecified atom stereocenters. The Morgan fingerprint density at radius 3 is 2.68 bits per heavy atom. The van der Waals surface area contributed by atoms with Gasteiger partial charge in [0.2, 0.25) is 0 Å². The van der Waals surface area contributed by atoms with Crippen molar-refractivity contribution in [2.75, 3.05) is 0 Å². The van der Waals surface area contributed by atoms with Crippen LogP contribution in [0.4, 0.5) is 4.39 Å². The molecule has 1 atom stereocenters. The lowest BCUT2D eigenvalue weighted by Gasteiger charge is -2.28. The van der Waals surface area contributed by atoms with Crippen molar-refractivity contribution in [3.05, 3.63) is 47.3 Å². The van der Waals surface area contributed by atoms with Gasteiger partial charge in [-0.05, 0) is 49.8 Å². The fourth-order valence-corrected chi connectivity index (χ4v) is 2.81. The number of halogens is 1. The van der Waals surface area contributed by atoms with E-state index in [9.17, 15) is 9.50 Å². The van der Waals surface area contributed by atoms with Crippen molar-refractivity contribution in [2.24, 2.45) is 0 Å². The van der Waals surface area contributed by atoms with Gasteiger partial charge < -0.3 is 5.11 Å². The SMILES string of the molecule is CC(O)(Cc1ccccc1F)/C1=C/CCCCCC1. The molecule has 1 aliphatic carbocycles. The summed E-state index contributed by atoms with van der Waals surface area (Å²) < 4.78 is 13.7. The molecule has 1 aromatic rings. The molecule has 2 rings (SSSR count). The van der Waals surface area contributed by atoms with Crippen LogP contribution in [0, 0.1) is 5.82 Å². The molecule has 0 heterocycles. The third-order valence-electron chi connectivity index (χ3n) is 3.98. The van der Waals surface area contributed by atoms with Crippen molar-refractivity contribution in [3.8, 4) is 0 Å². The van der Waals surface area contributed by atoms with Crippen LogP contribution in [0.1, 0.15) is 51.0 Å². The Hall–Kier alpha value is -1.15. The number of benzene rings is 1. The Morgan fingerprint density at radius 1 is 1.16 bits per heavy atom. The number of rotatable bonds is 3. The van der Waals surface area contributed by atoms with Crippen molar-refractivity contribution in [1.29, 1.82) is 0 Å². The van der Waals surface area contributed by atoms with E-state index in [4.69, 9.17) is 0 Å². The molecule has 0 aromatic heterocycles. The molecule has 104 valence electrons. The molecule has 0 amide bonds. The lowest BCUT2D eigenvalue weighted by molar-refractivity contribution is 0.0930. The molecule has 1 aromatic carbocycles. The summed E-state index contributed by atoms with van der Waals surface area (Å²) in [5, 5.41) is 10.7. The number of aliphatic hydroxyl groups is 1. The van der Waals surface area contributed by atoms with Gasteiger partial charge in [-0.25, -0.2) is 4.39 Å². The summed E-state index contributed by atoms with van der Waals surface area (Å²) in [6, 6.07) is 6.72. The van der Waals surface area contributed by atoms with Crippen molar-refractivity contribution >= 4 is 0 Å². The molecule has 2 heteroatoms. The molecule has 0 radical (unpaired) electrons. The Kier molecular flexibility index (Phi) is 4.76. The van der Waals surface area contributed by atoms with E-state index in [0.29, 0.717) is 12.0 Å². The van der Waals surface area contributed by atoms with E-state index in [1.165, 1.54) is 25.3 Å². The first-order valence-electron chi connectivity index (χ1n) is 7.25. The minimum absolute atomic E-state index is 0.228. The van der Waals surface area contributed by atoms with E-state index in [1.54, 1.807) is 12.1 Å². The van der Waals surface area contributed by atoms with Crippen molar-refractivity contribution in [1.82, 2.24) is 0 Å². The van der Waals surface area contributed by atoms with Gasteiger partial charge in [0.15, 0.2) is 0 Å². The van der Waals surface area contributed by atoms with Crippen LogP contribution in [0.5, 0.6) is 0 Å². The van der Waals surface area contributed by atoms with Gasteiger partial charge in [0.1, 0.15) is 5.82 Å². The van der Waals surface area contributed by atoms with E-state index >= 15 is 0 Å². The van der Waals surface area contributed by atoms with Gasteiger partial charge in [-0.1, -0.05) is 37.1 Å². The van der Waals surface area contributed by atoms with Crippen LogP contribution >= 0.6 is 0 Å². The van der Waals surface area contributed by atoms with Crippen LogP contribution in [0.25, 0.3) is 0 Å². The zero-order valence-electron chi connectivity index (χ0n) is 11.7. The lowest BCUT2D eigenvalue weighted by Crippen LogP contribution is -2.30. The highest BCUT2D eigenvalue weighted by atomic mass is 19.1. The maximum atomic E-state index is 13.7. The smallest absolute Gasteiger partial charge is 0.126 e. The molecular weight excluding hydrogens is 239 g/mol. The number of hydrogen-bond acceptors (Lipinski definition) is 1. The highest BCUT2D eigenvalue weighted by molar-refractivity contribution is 5.25. The second-order valence-electron chi connectivity index (χ2n) is 5.72. The Bertz CT molecular complexity index is 448. The van der Waals surface area contributed by atoms with Crippen molar-refractivity contribution in [3.63, 3.8) is 0 Å². The predicted molar refractivity (Wildman–Crippen MR) is 76.5 cm³/mol. The largest absolute Gasteiger partial charge is 0.385 e. The molecule has 0 saturated heterocycles. The van der Waals surface area contributed by atoms with Crippen LogP contribution in [-0.2, 0) is 6.42 Å². The molecule has 0 saturated carbocycles. The van der Waals surface area contributed by atoms with E-state index in [-0.39, 0.29) is 5.82 Å². The van der Waals surface area contributed by atoms with Gasteiger partial charge in [-0.3, -0.25) is 0 Å². The third-order valence-corrected chi connectivity index (χ3v) is 3.98. The van der Waals surface area contributed by atoms with Crippen molar-refractivity contribution < 1.29 is 9.50 Å². The first-order valence-corrected chi connectivity index (χ1v) is 7.25. The van der Waals surface area contributed by atoms with Crippen LogP contribution < -0.4 is 0 Å². The highest BCUT2D eigenvalue weighted by Crippen LogP contribution is 2.29. The predicted octanol–water partition coefficient (Wildman–Crippen LogP) is 4.40. The summed E-state index contributed by atoms with van der Waals surface area (Å²) in [6.45, 7) is 1.81. The van der Waals surface area contributed by atoms with E-state index in [0.717, 1.165) is 24.8 Å². The summed E-state index contributed by atoms with van der Waals surface area (Å²) in [5.74, 6) is -0.228. The van der Waals surface area contributed by atoms with Crippen LogP contribution in [0.2, 0.25) is 0 Å². The molecule has 1 N–H and O–H groups in total. The van der Waals surface area contributed by atoms with Crippen LogP contribution in [0.3, 0.4) is 0 Å². The molecule has 0 fully saturated rings. The van der Waals surface area contributed by atoms with Gasteiger partial charge in [0, 0.05) is 6.42 Å². The zero-order valence-corrected chi connectivity index (χ0v) is 11.7. The summed E-state index contributed by atoms with van der Waals surface area (Å²) >= 11 is 0. The quantitative estimate of drug-likeness (QED) is 0.800. The summed E-state index contributed by atoms with van der Waals surface area (Å²) in [5.41, 5.74) is 0.741. The molecule has 19 heavy (non-hydrogen) atoms. The van der Waals surface area contributed by atoms with Gasteiger partial charge >= 0.3 is 0 Å². The fourth-order valence-electron chi connectivity index (χ4n) is 2.81. The second-order valence-corrected chi connectivity index (χ2v) is 5.72. The first kappa shape index (κ1) is 14.3. The molecule has 0 bridgehead atoms. The third kappa shape index (κ3) is 3.90. The first-order chi connectivity index (χ1) is 9.09. The van der Waals surface area contributed by atoms with Crippen LogP contribution in [-0.4, -0.2) is 10.7 Å². The maximum Gasteiger partial charge on any atom is 0.126 e. The van der Waals surface area contributed by atoms with Gasteiger partial charge in [-0.2, -0.15) is 0 Å². The monoisotopic (exact) mass is 262 g/mol. The molecule has 1 nitrogen and oxygen atoms in total. The molecule has 1 aliphatic rings. The summed E-state index contributed by atoms with van der Waals surface area (Å²) in [6.07, 6.45) is 9.31. The molecule has 0 aliphatic heterocycles. The van der Waals surface area contributed by atoms with Gasteiger partial charge in [-0.15, -0.1) is 0 Å². The number of hydrogen-bond donors (Lipinski definition) is 1. The molecule has 0 spiro atoms. The standard InChI is InChI=1S/C17H23FO/c1-17(19,13-14-9-7-8-12-16(14)18)15-10-5-3-2-4-6-11-15/h7-10,12,19H,2-6,11,13H2,1H3/b15-10+. The normalized spacial score (nSPS) is 22.8. The summed E-state index contributed by atoms with van der Waals surface area (Å²) in [4.78, 5) is 0. The fraction of sp³-hybridized carbons (Fsp3) is 0.529. The number of allylic oxidation sites excluding steroid dienone is 1. The molecular formula is C17H23FO. The minimum Gasteiger partial charge on any atom is -0.385 e. The maximum absolute atomic E-state index is 13.7. The Balaban J connectivity index is 2.14. The van der Waals surface area contributed by atoms with E-state index in [1.807, 2.05) is 13.0 Å². The highest BCUT2D eigenvalue weighted by Gasteiger charge is 2.27.